The van der Waals surface area contributed by atoms with Gasteiger partial charge in [0.15, 0.2) is 17.1 Å². The molecule has 1 aliphatic heterocycles. The molecule has 0 fully saturated rings. The number of nitrogens with one attached hydrogen (secondary N) is 1. The standard InChI is InChI=1S/C21H17BrN4O3/c1-27-15-5-2-13(3-6-15)20-21(26-18(22)11-23-12-19(26)25-20)24-14-4-7-16-17(10-14)29-9-8-28-16/h2-7,10-12,24H,8-9H2,1H3. The molecule has 4 aromatic rings. The van der Waals surface area contributed by atoms with E-state index in [1.165, 1.54) is 0 Å². The summed E-state index contributed by atoms with van der Waals surface area (Å²) >= 11 is 3.59. The summed E-state index contributed by atoms with van der Waals surface area (Å²) in [6, 6.07) is 13.6. The van der Waals surface area contributed by atoms with Crippen LogP contribution in [-0.4, -0.2) is 34.7 Å². The van der Waals surface area contributed by atoms with E-state index in [1.807, 2.05) is 46.9 Å². The molecule has 0 bridgehead atoms. The highest BCUT2D eigenvalue weighted by atomic mass is 79.9. The van der Waals surface area contributed by atoms with E-state index in [4.69, 9.17) is 19.2 Å². The summed E-state index contributed by atoms with van der Waals surface area (Å²) in [6.07, 6.45) is 3.47. The molecule has 0 saturated heterocycles. The first-order valence-electron chi connectivity index (χ1n) is 9.06. The Kier molecular flexibility index (Phi) is 4.48. The average Bonchev–Trinajstić information content (AvgIpc) is 3.13. The molecule has 0 atom stereocenters. The first-order valence-corrected chi connectivity index (χ1v) is 9.85. The molecule has 0 aliphatic carbocycles. The van der Waals surface area contributed by atoms with Crippen LogP contribution in [0.25, 0.3) is 16.9 Å². The quantitative estimate of drug-likeness (QED) is 0.484. The number of hydrogen-bond donors (Lipinski definition) is 1. The number of rotatable bonds is 4. The smallest absolute Gasteiger partial charge is 0.163 e. The van der Waals surface area contributed by atoms with E-state index in [1.54, 1.807) is 19.5 Å². The molecule has 1 aliphatic rings. The van der Waals surface area contributed by atoms with E-state index in [0.29, 0.717) is 13.2 Å². The van der Waals surface area contributed by atoms with Gasteiger partial charge in [0.05, 0.1) is 19.5 Å². The third-order valence-corrected chi connectivity index (χ3v) is 5.22. The molecule has 146 valence electrons. The predicted octanol–water partition coefficient (Wildman–Crippen LogP) is 4.68. The Bertz CT molecular complexity index is 1190. The monoisotopic (exact) mass is 452 g/mol. The maximum absolute atomic E-state index is 5.71. The molecule has 8 heteroatoms. The van der Waals surface area contributed by atoms with Gasteiger partial charge in [-0.2, -0.15) is 0 Å². The topological polar surface area (TPSA) is 69.9 Å². The molecular formula is C21H17BrN4O3. The fourth-order valence-electron chi connectivity index (χ4n) is 3.29. The maximum Gasteiger partial charge on any atom is 0.163 e. The lowest BCUT2D eigenvalue weighted by atomic mass is 10.1. The summed E-state index contributed by atoms with van der Waals surface area (Å²) in [5, 5.41) is 3.49. The fraction of sp³-hybridized carbons (Fsp3) is 0.143. The molecule has 0 saturated carbocycles. The van der Waals surface area contributed by atoms with E-state index >= 15 is 0 Å². The molecule has 2 aromatic heterocycles. The number of fused-ring (bicyclic) bond motifs is 2. The molecule has 0 unspecified atom stereocenters. The van der Waals surface area contributed by atoms with E-state index in [0.717, 1.165) is 50.3 Å². The SMILES string of the molecule is COc1ccc(-c2nc3cncc(Br)n3c2Nc2ccc3c(c2)OCCO3)cc1. The first kappa shape index (κ1) is 17.8. The Labute approximate surface area is 175 Å². The number of benzene rings is 2. The Morgan fingerprint density at radius 2 is 1.83 bits per heavy atom. The molecule has 7 nitrogen and oxygen atoms in total. The van der Waals surface area contributed by atoms with E-state index in [2.05, 4.69) is 26.2 Å². The summed E-state index contributed by atoms with van der Waals surface area (Å²) in [6.45, 7) is 1.11. The molecule has 0 radical (unpaired) electrons. The molecule has 2 aromatic carbocycles. The molecular weight excluding hydrogens is 436 g/mol. The van der Waals surface area contributed by atoms with Gasteiger partial charge in [0, 0.05) is 17.3 Å². The van der Waals surface area contributed by atoms with Crippen molar-refractivity contribution in [1.29, 1.82) is 0 Å². The van der Waals surface area contributed by atoms with Gasteiger partial charge in [-0.25, -0.2) is 4.98 Å². The van der Waals surface area contributed by atoms with Crippen LogP contribution in [0.15, 0.2) is 59.5 Å². The summed E-state index contributed by atoms with van der Waals surface area (Å²) in [5.41, 5.74) is 3.36. The van der Waals surface area contributed by atoms with Crippen LogP contribution < -0.4 is 19.5 Å². The lowest BCUT2D eigenvalue weighted by molar-refractivity contribution is 0.171. The largest absolute Gasteiger partial charge is 0.497 e. The molecule has 3 heterocycles. The minimum Gasteiger partial charge on any atom is -0.497 e. The zero-order valence-electron chi connectivity index (χ0n) is 15.6. The third kappa shape index (κ3) is 3.25. The van der Waals surface area contributed by atoms with Gasteiger partial charge < -0.3 is 19.5 Å². The first-order chi connectivity index (χ1) is 14.2. The zero-order chi connectivity index (χ0) is 19.8. The Morgan fingerprint density at radius 3 is 2.62 bits per heavy atom. The van der Waals surface area contributed by atoms with Crippen molar-refractivity contribution in [3.63, 3.8) is 0 Å². The lowest BCUT2D eigenvalue weighted by Gasteiger charge is -2.19. The molecule has 1 N–H and O–H groups in total. The van der Waals surface area contributed by atoms with Crippen molar-refractivity contribution in [2.24, 2.45) is 0 Å². The zero-order valence-corrected chi connectivity index (χ0v) is 17.1. The average molecular weight is 453 g/mol. The number of aromatic nitrogens is 3. The van der Waals surface area contributed by atoms with Crippen molar-refractivity contribution in [3.05, 3.63) is 59.5 Å². The second-order valence-corrected chi connectivity index (χ2v) is 7.26. The van der Waals surface area contributed by atoms with Crippen molar-refractivity contribution in [3.8, 4) is 28.5 Å². The van der Waals surface area contributed by atoms with Crippen LogP contribution in [0, 0.1) is 0 Å². The van der Waals surface area contributed by atoms with Gasteiger partial charge in [-0.1, -0.05) is 0 Å². The number of ether oxygens (including phenoxy) is 3. The molecule has 0 spiro atoms. The predicted molar refractivity (Wildman–Crippen MR) is 113 cm³/mol. The van der Waals surface area contributed by atoms with Gasteiger partial charge in [-0.15, -0.1) is 0 Å². The number of anilines is 2. The Hall–Kier alpha value is -3.26. The van der Waals surface area contributed by atoms with Crippen LogP contribution in [0.3, 0.4) is 0 Å². The van der Waals surface area contributed by atoms with Crippen LogP contribution in [0.2, 0.25) is 0 Å². The Morgan fingerprint density at radius 1 is 1.03 bits per heavy atom. The van der Waals surface area contributed by atoms with E-state index in [-0.39, 0.29) is 0 Å². The van der Waals surface area contributed by atoms with Crippen LogP contribution >= 0.6 is 15.9 Å². The summed E-state index contributed by atoms with van der Waals surface area (Å²) in [5.74, 6) is 3.08. The third-order valence-electron chi connectivity index (χ3n) is 4.66. The van der Waals surface area contributed by atoms with Gasteiger partial charge >= 0.3 is 0 Å². The van der Waals surface area contributed by atoms with Crippen molar-refractivity contribution in [2.45, 2.75) is 0 Å². The lowest BCUT2D eigenvalue weighted by Crippen LogP contribution is -2.15. The van der Waals surface area contributed by atoms with E-state index < -0.39 is 0 Å². The Balaban J connectivity index is 1.63. The minimum atomic E-state index is 0.542. The fourth-order valence-corrected chi connectivity index (χ4v) is 3.76. The van der Waals surface area contributed by atoms with Gasteiger partial charge in [0.25, 0.3) is 0 Å². The van der Waals surface area contributed by atoms with Gasteiger partial charge in [-0.05, 0) is 52.3 Å². The van der Waals surface area contributed by atoms with Crippen molar-refractivity contribution >= 4 is 33.1 Å². The molecule has 0 amide bonds. The number of imidazole rings is 1. The van der Waals surface area contributed by atoms with Crippen LogP contribution in [0.1, 0.15) is 0 Å². The number of methoxy groups -OCH3 is 1. The van der Waals surface area contributed by atoms with Gasteiger partial charge in [-0.3, -0.25) is 9.38 Å². The molecule has 29 heavy (non-hydrogen) atoms. The van der Waals surface area contributed by atoms with Crippen LogP contribution in [-0.2, 0) is 0 Å². The highest BCUT2D eigenvalue weighted by Crippen LogP contribution is 2.37. The van der Waals surface area contributed by atoms with E-state index in [9.17, 15) is 0 Å². The van der Waals surface area contributed by atoms with Crippen molar-refractivity contribution in [2.75, 3.05) is 25.6 Å². The second-order valence-electron chi connectivity index (χ2n) is 6.44. The minimum absolute atomic E-state index is 0.542. The normalized spacial score (nSPS) is 12.8. The van der Waals surface area contributed by atoms with Crippen molar-refractivity contribution in [1.82, 2.24) is 14.4 Å². The molecule has 5 rings (SSSR count). The highest BCUT2D eigenvalue weighted by Gasteiger charge is 2.18. The maximum atomic E-state index is 5.71. The summed E-state index contributed by atoms with van der Waals surface area (Å²) in [7, 11) is 1.65. The van der Waals surface area contributed by atoms with Crippen LogP contribution in [0.5, 0.6) is 17.2 Å². The van der Waals surface area contributed by atoms with Gasteiger partial charge in [0.2, 0.25) is 0 Å². The van der Waals surface area contributed by atoms with Crippen molar-refractivity contribution < 1.29 is 14.2 Å². The number of hydrogen-bond acceptors (Lipinski definition) is 6. The highest BCUT2D eigenvalue weighted by molar-refractivity contribution is 9.10. The van der Waals surface area contributed by atoms with Gasteiger partial charge in [0.1, 0.15) is 35.1 Å². The number of halogens is 1. The number of nitrogens with zero attached hydrogens (tertiary/aromatic N) is 3. The summed E-state index contributed by atoms with van der Waals surface area (Å²) < 4.78 is 19.4. The second kappa shape index (κ2) is 7.29. The summed E-state index contributed by atoms with van der Waals surface area (Å²) in [4.78, 5) is 9.03. The van der Waals surface area contributed by atoms with Crippen LogP contribution in [0.4, 0.5) is 11.5 Å².